The first kappa shape index (κ1) is 17.3. The molecule has 4 nitrogen and oxygen atoms in total. The van der Waals surface area contributed by atoms with E-state index in [-0.39, 0.29) is 5.91 Å². The summed E-state index contributed by atoms with van der Waals surface area (Å²) >= 11 is 1.46. The molecular weight excluding hydrogens is 330 g/mol. The first-order chi connectivity index (χ1) is 12.0. The van der Waals surface area contributed by atoms with E-state index in [4.69, 9.17) is 0 Å². The van der Waals surface area contributed by atoms with E-state index < -0.39 is 0 Å². The molecule has 0 bridgehead atoms. The van der Waals surface area contributed by atoms with E-state index in [9.17, 15) is 4.79 Å². The highest BCUT2D eigenvalue weighted by molar-refractivity contribution is 7.13. The Morgan fingerprint density at radius 1 is 1.08 bits per heavy atom. The van der Waals surface area contributed by atoms with Gasteiger partial charge in [-0.3, -0.25) is 9.78 Å². The second-order valence-electron chi connectivity index (χ2n) is 6.10. The Morgan fingerprint density at radius 3 is 2.64 bits per heavy atom. The molecule has 0 aliphatic rings. The maximum Gasteiger partial charge on any atom is 0.267 e. The third kappa shape index (κ3) is 4.31. The molecule has 0 atom stereocenters. The van der Waals surface area contributed by atoms with E-state index in [1.165, 1.54) is 16.9 Å². The summed E-state index contributed by atoms with van der Waals surface area (Å²) in [4.78, 5) is 22.1. The lowest BCUT2D eigenvalue weighted by molar-refractivity contribution is 0.103. The van der Waals surface area contributed by atoms with Crippen LogP contribution < -0.4 is 5.32 Å². The topological polar surface area (TPSA) is 54.9 Å². The van der Waals surface area contributed by atoms with Crippen LogP contribution in [0.15, 0.2) is 42.6 Å². The minimum Gasteiger partial charge on any atom is -0.321 e. The Morgan fingerprint density at radius 2 is 1.92 bits per heavy atom. The van der Waals surface area contributed by atoms with Crippen molar-refractivity contribution >= 4 is 22.9 Å². The van der Waals surface area contributed by atoms with Gasteiger partial charge in [-0.25, -0.2) is 4.98 Å². The molecule has 0 spiro atoms. The van der Waals surface area contributed by atoms with Crippen LogP contribution in [0.3, 0.4) is 0 Å². The monoisotopic (exact) mass is 351 g/mol. The average molecular weight is 351 g/mol. The number of pyridine rings is 1. The molecule has 128 valence electrons. The number of rotatable bonds is 5. The molecule has 0 saturated carbocycles. The van der Waals surface area contributed by atoms with Crippen molar-refractivity contribution < 1.29 is 4.79 Å². The molecule has 1 N–H and O–H groups in total. The van der Waals surface area contributed by atoms with Crippen LogP contribution in [0.4, 0.5) is 5.69 Å². The van der Waals surface area contributed by atoms with Gasteiger partial charge in [0.2, 0.25) is 0 Å². The van der Waals surface area contributed by atoms with Crippen LogP contribution in [-0.2, 0) is 12.8 Å². The summed E-state index contributed by atoms with van der Waals surface area (Å²) in [5, 5.41) is 3.94. The number of amides is 1. The van der Waals surface area contributed by atoms with E-state index in [2.05, 4.69) is 22.2 Å². The van der Waals surface area contributed by atoms with Gasteiger partial charge in [-0.15, -0.1) is 11.3 Å². The molecule has 0 saturated heterocycles. The van der Waals surface area contributed by atoms with Gasteiger partial charge >= 0.3 is 0 Å². The highest BCUT2D eigenvalue weighted by atomic mass is 32.1. The predicted molar refractivity (Wildman–Crippen MR) is 102 cm³/mol. The van der Waals surface area contributed by atoms with Crippen LogP contribution in [-0.4, -0.2) is 15.9 Å². The zero-order valence-electron chi connectivity index (χ0n) is 14.7. The van der Waals surface area contributed by atoms with Gasteiger partial charge in [0.15, 0.2) is 0 Å². The highest BCUT2D eigenvalue weighted by Crippen LogP contribution is 2.22. The fourth-order valence-electron chi connectivity index (χ4n) is 2.56. The summed E-state index contributed by atoms with van der Waals surface area (Å²) in [7, 11) is 0. The fraction of sp³-hybridized carbons (Fsp3) is 0.250. The standard InChI is InChI=1S/C20H21N3OS/c1-13-7-8-17(12-14(13)2)23-20(24)19-15(3)22-18(25-19)10-9-16-6-4-5-11-21-16/h4-8,11-12H,9-10H2,1-3H3,(H,23,24). The Kier molecular flexibility index (Phi) is 5.24. The predicted octanol–water partition coefficient (Wildman–Crippen LogP) is 4.50. The van der Waals surface area contributed by atoms with Crippen molar-refractivity contribution in [2.45, 2.75) is 33.6 Å². The molecule has 3 rings (SSSR count). The number of aryl methyl sites for hydroxylation is 5. The van der Waals surface area contributed by atoms with Crippen molar-refractivity contribution in [3.05, 3.63) is 75.0 Å². The fourth-order valence-corrected chi connectivity index (χ4v) is 3.52. The average Bonchev–Trinajstić information content (AvgIpc) is 2.98. The SMILES string of the molecule is Cc1ccc(NC(=O)c2sc(CCc3ccccn3)nc2C)cc1C. The molecule has 1 aromatic carbocycles. The molecule has 0 fully saturated rings. The van der Waals surface area contributed by atoms with Crippen LogP contribution in [0.1, 0.15) is 37.2 Å². The van der Waals surface area contributed by atoms with E-state index in [1.54, 1.807) is 6.20 Å². The maximum absolute atomic E-state index is 12.6. The van der Waals surface area contributed by atoms with Crippen molar-refractivity contribution in [2.75, 3.05) is 5.32 Å². The van der Waals surface area contributed by atoms with Gasteiger partial charge in [-0.1, -0.05) is 12.1 Å². The van der Waals surface area contributed by atoms with Gasteiger partial charge in [0.1, 0.15) is 4.88 Å². The van der Waals surface area contributed by atoms with Crippen molar-refractivity contribution in [1.29, 1.82) is 0 Å². The zero-order valence-corrected chi connectivity index (χ0v) is 15.5. The van der Waals surface area contributed by atoms with Gasteiger partial charge in [0.05, 0.1) is 10.7 Å². The zero-order chi connectivity index (χ0) is 17.8. The van der Waals surface area contributed by atoms with E-state index in [0.29, 0.717) is 4.88 Å². The molecule has 0 radical (unpaired) electrons. The number of nitrogens with one attached hydrogen (secondary N) is 1. The normalized spacial score (nSPS) is 10.7. The molecule has 25 heavy (non-hydrogen) atoms. The number of nitrogens with zero attached hydrogens (tertiary/aromatic N) is 2. The first-order valence-corrected chi connectivity index (χ1v) is 9.09. The maximum atomic E-state index is 12.6. The molecule has 2 heterocycles. The third-order valence-electron chi connectivity index (χ3n) is 4.13. The van der Waals surface area contributed by atoms with Crippen LogP contribution >= 0.6 is 11.3 Å². The molecule has 5 heteroatoms. The quantitative estimate of drug-likeness (QED) is 0.736. The van der Waals surface area contributed by atoms with Crippen LogP contribution in [0, 0.1) is 20.8 Å². The minimum atomic E-state index is -0.0951. The van der Waals surface area contributed by atoms with Crippen molar-refractivity contribution in [3.8, 4) is 0 Å². The highest BCUT2D eigenvalue weighted by Gasteiger charge is 2.15. The lowest BCUT2D eigenvalue weighted by atomic mass is 10.1. The van der Waals surface area contributed by atoms with Crippen molar-refractivity contribution in [1.82, 2.24) is 9.97 Å². The van der Waals surface area contributed by atoms with Gasteiger partial charge in [0, 0.05) is 24.0 Å². The molecule has 0 unspecified atom stereocenters. The minimum absolute atomic E-state index is 0.0951. The number of hydrogen-bond acceptors (Lipinski definition) is 4. The van der Waals surface area contributed by atoms with Gasteiger partial charge in [-0.2, -0.15) is 0 Å². The van der Waals surface area contributed by atoms with E-state index in [1.807, 2.05) is 50.2 Å². The number of benzene rings is 1. The summed E-state index contributed by atoms with van der Waals surface area (Å²) in [6, 6.07) is 11.8. The second kappa shape index (κ2) is 7.57. The van der Waals surface area contributed by atoms with Crippen molar-refractivity contribution in [2.24, 2.45) is 0 Å². The molecule has 1 amide bonds. The number of thiazole rings is 1. The molecular formula is C20H21N3OS. The van der Waals surface area contributed by atoms with Crippen LogP contribution in [0.5, 0.6) is 0 Å². The third-order valence-corrected chi connectivity index (χ3v) is 5.35. The Balaban J connectivity index is 1.68. The number of carbonyl (C=O) groups is 1. The summed E-state index contributed by atoms with van der Waals surface area (Å²) in [5.74, 6) is -0.0951. The van der Waals surface area contributed by atoms with Crippen LogP contribution in [0.25, 0.3) is 0 Å². The summed E-state index contributed by atoms with van der Waals surface area (Å²) in [6.45, 7) is 5.98. The number of aromatic nitrogens is 2. The van der Waals surface area contributed by atoms with Gasteiger partial charge in [0.25, 0.3) is 5.91 Å². The largest absolute Gasteiger partial charge is 0.321 e. The first-order valence-electron chi connectivity index (χ1n) is 8.28. The molecule has 0 aliphatic carbocycles. The Bertz CT molecular complexity index is 887. The summed E-state index contributed by atoms with van der Waals surface area (Å²) in [6.07, 6.45) is 3.41. The summed E-state index contributed by atoms with van der Waals surface area (Å²) in [5.41, 5.74) is 5.01. The molecule has 2 aromatic heterocycles. The molecule has 0 aliphatic heterocycles. The number of carbonyl (C=O) groups excluding carboxylic acids is 1. The Hall–Kier alpha value is -2.53. The van der Waals surface area contributed by atoms with Gasteiger partial charge < -0.3 is 5.32 Å². The lowest BCUT2D eigenvalue weighted by Gasteiger charge is -2.06. The van der Waals surface area contributed by atoms with Gasteiger partial charge in [-0.05, 0) is 62.6 Å². The van der Waals surface area contributed by atoms with E-state index >= 15 is 0 Å². The second-order valence-corrected chi connectivity index (χ2v) is 7.18. The van der Waals surface area contributed by atoms with Crippen molar-refractivity contribution in [3.63, 3.8) is 0 Å². The lowest BCUT2D eigenvalue weighted by Crippen LogP contribution is -2.11. The number of hydrogen-bond donors (Lipinski definition) is 1. The summed E-state index contributed by atoms with van der Waals surface area (Å²) < 4.78 is 0. The smallest absolute Gasteiger partial charge is 0.267 e. The molecule has 3 aromatic rings. The van der Waals surface area contributed by atoms with E-state index in [0.717, 1.165) is 40.5 Å². The number of anilines is 1. The van der Waals surface area contributed by atoms with Crippen LogP contribution in [0.2, 0.25) is 0 Å². The Labute approximate surface area is 152 Å².